The standard InChI is InChI=1S/C6H12N2O2/c1-2-3-4-5(9)10-6(7)8/h2-4H2,1H3,(H3,7,8). The molecule has 0 aromatic rings. The molecule has 0 aromatic heterocycles. The molecule has 4 nitrogen and oxygen atoms in total. The highest BCUT2D eigenvalue weighted by Crippen LogP contribution is 1.95. The van der Waals surface area contributed by atoms with Gasteiger partial charge in [-0.15, -0.1) is 0 Å². The van der Waals surface area contributed by atoms with Gasteiger partial charge in [0.15, 0.2) is 0 Å². The average Bonchev–Trinajstić information content (AvgIpc) is 1.82. The fourth-order valence-electron chi connectivity index (χ4n) is 0.495. The second kappa shape index (κ2) is 4.78. The van der Waals surface area contributed by atoms with Gasteiger partial charge < -0.3 is 10.5 Å². The van der Waals surface area contributed by atoms with Gasteiger partial charge in [-0.3, -0.25) is 10.2 Å². The van der Waals surface area contributed by atoms with Gasteiger partial charge in [0, 0.05) is 6.42 Å². The first-order valence-electron chi connectivity index (χ1n) is 3.21. The summed E-state index contributed by atoms with van der Waals surface area (Å²) in [6.45, 7) is 1.97. The molecule has 0 heterocycles. The topological polar surface area (TPSA) is 76.2 Å². The van der Waals surface area contributed by atoms with Crippen LogP contribution in [0.25, 0.3) is 0 Å². The van der Waals surface area contributed by atoms with Crippen molar-refractivity contribution in [2.24, 2.45) is 5.73 Å². The number of hydrogen-bond acceptors (Lipinski definition) is 3. The molecule has 0 spiro atoms. The fraction of sp³-hybridized carbons (Fsp3) is 0.667. The van der Waals surface area contributed by atoms with Gasteiger partial charge in [-0.05, 0) is 6.42 Å². The van der Waals surface area contributed by atoms with Crippen molar-refractivity contribution >= 4 is 12.0 Å². The molecule has 10 heavy (non-hydrogen) atoms. The zero-order chi connectivity index (χ0) is 7.98. The second-order valence-corrected chi connectivity index (χ2v) is 1.94. The zero-order valence-corrected chi connectivity index (χ0v) is 6.02. The predicted octanol–water partition coefficient (Wildman–Crippen LogP) is 0.613. The Balaban J connectivity index is 3.35. The highest BCUT2D eigenvalue weighted by molar-refractivity contribution is 5.84. The Bertz CT molecular complexity index is 134. The smallest absolute Gasteiger partial charge is 0.313 e. The molecule has 0 fully saturated rings. The summed E-state index contributed by atoms with van der Waals surface area (Å²) in [5.41, 5.74) is 4.81. The summed E-state index contributed by atoms with van der Waals surface area (Å²) in [5, 5.41) is 6.59. The fourth-order valence-corrected chi connectivity index (χ4v) is 0.495. The molecular weight excluding hydrogens is 132 g/mol. The monoisotopic (exact) mass is 144 g/mol. The van der Waals surface area contributed by atoms with Crippen LogP contribution in [0.1, 0.15) is 26.2 Å². The number of amidine groups is 1. The largest absolute Gasteiger partial charge is 0.393 e. The van der Waals surface area contributed by atoms with E-state index in [2.05, 4.69) is 4.74 Å². The maximum atomic E-state index is 10.6. The number of nitrogens with two attached hydrogens (primary N) is 1. The second-order valence-electron chi connectivity index (χ2n) is 1.94. The van der Waals surface area contributed by atoms with E-state index in [4.69, 9.17) is 11.1 Å². The Labute approximate surface area is 59.9 Å². The van der Waals surface area contributed by atoms with Crippen molar-refractivity contribution in [1.29, 1.82) is 5.41 Å². The molecule has 0 radical (unpaired) electrons. The van der Waals surface area contributed by atoms with E-state index in [0.717, 1.165) is 12.8 Å². The van der Waals surface area contributed by atoms with Gasteiger partial charge in [-0.1, -0.05) is 13.3 Å². The van der Waals surface area contributed by atoms with Gasteiger partial charge in [0.05, 0.1) is 0 Å². The first-order chi connectivity index (χ1) is 4.66. The number of ether oxygens (including phenoxy) is 1. The maximum absolute atomic E-state index is 10.6. The number of esters is 1. The van der Waals surface area contributed by atoms with E-state index in [1.165, 1.54) is 0 Å². The number of carbonyl (C=O) groups is 1. The van der Waals surface area contributed by atoms with Crippen LogP contribution in [0.3, 0.4) is 0 Å². The number of unbranched alkanes of at least 4 members (excludes halogenated alkanes) is 1. The summed E-state index contributed by atoms with van der Waals surface area (Å²) in [4.78, 5) is 10.6. The van der Waals surface area contributed by atoms with E-state index in [-0.39, 0.29) is 0 Å². The van der Waals surface area contributed by atoms with Gasteiger partial charge in [0.2, 0.25) is 0 Å². The molecule has 3 N–H and O–H groups in total. The predicted molar refractivity (Wildman–Crippen MR) is 37.5 cm³/mol. The molecule has 0 aliphatic rings. The molecule has 0 aliphatic heterocycles. The van der Waals surface area contributed by atoms with Crippen molar-refractivity contribution in [3.05, 3.63) is 0 Å². The van der Waals surface area contributed by atoms with Gasteiger partial charge in [0.1, 0.15) is 0 Å². The molecule has 0 aliphatic carbocycles. The first kappa shape index (κ1) is 8.94. The van der Waals surface area contributed by atoms with Crippen LogP contribution in [0.2, 0.25) is 0 Å². The molecule has 0 aromatic carbocycles. The van der Waals surface area contributed by atoms with E-state index in [9.17, 15) is 4.79 Å². The summed E-state index contributed by atoms with van der Waals surface area (Å²) in [5.74, 6) is -0.422. The van der Waals surface area contributed by atoms with E-state index in [0.29, 0.717) is 6.42 Å². The molecule has 0 unspecified atom stereocenters. The summed E-state index contributed by atoms with van der Waals surface area (Å²) in [6, 6.07) is -0.527. The molecular formula is C6H12N2O2. The minimum Gasteiger partial charge on any atom is -0.393 e. The third-order valence-corrected chi connectivity index (χ3v) is 0.958. The van der Waals surface area contributed by atoms with E-state index in [1.807, 2.05) is 6.92 Å². The summed E-state index contributed by atoms with van der Waals surface area (Å²) < 4.78 is 4.27. The van der Waals surface area contributed by atoms with Crippen LogP contribution in [-0.4, -0.2) is 12.0 Å². The van der Waals surface area contributed by atoms with Crippen molar-refractivity contribution in [3.63, 3.8) is 0 Å². The summed E-state index contributed by atoms with van der Waals surface area (Å²) in [6.07, 6.45) is 2.06. The highest BCUT2D eigenvalue weighted by Gasteiger charge is 2.01. The van der Waals surface area contributed by atoms with Gasteiger partial charge >= 0.3 is 5.97 Å². The Morgan fingerprint density at radius 3 is 2.70 bits per heavy atom. The molecule has 0 saturated heterocycles. The number of rotatable bonds is 3. The number of hydrogen-bond donors (Lipinski definition) is 2. The van der Waals surface area contributed by atoms with Crippen LogP contribution < -0.4 is 5.73 Å². The molecule has 58 valence electrons. The van der Waals surface area contributed by atoms with Gasteiger partial charge in [0.25, 0.3) is 6.02 Å². The van der Waals surface area contributed by atoms with Crippen molar-refractivity contribution in [3.8, 4) is 0 Å². The lowest BCUT2D eigenvalue weighted by molar-refractivity contribution is -0.135. The average molecular weight is 144 g/mol. The summed E-state index contributed by atoms with van der Waals surface area (Å²) >= 11 is 0. The van der Waals surface area contributed by atoms with Crippen LogP contribution in [0.15, 0.2) is 0 Å². The molecule has 0 bridgehead atoms. The SMILES string of the molecule is CCCCC(=O)OC(=N)N. The maximum Gasteiger partial charge on any atom is 0.313 e. The van der Waals surface area contributed by atoms with Crippen molar-refractivity contribution < 1.29 is 9.53 Å². The normalized spacial score (nSPS) is 8.90. The van der Waals surface area contributed by atoms with Gasteiger partial charge in [-0.25, -0.2) is 0 Å². The minimum atomic E-state index is -0.527. The van der Waals surface area contributed by atoms with E-state index in [1.54, 1.807) is 0 Å². The Morgan fingerprint density at radius 1 is 1.70 bits per heavy atom. The van der Waals surface area contributed by atoms with Crippen molar-refractivity contribution in [1.82, 2.24) is 0 Å². The zero-order valence-electron chi connectivity index (χ0n) is 6.02. The van der Waals surface area contributed by atoms with Crippen LogP contribution in [0.5, 0.6) is 0 Å². The molecule has 0 rings (SSSR count). The molecule has 0 atom stereocenters. The van der Waals surface area contributed by atoms with Crippen LogP contribution >= 0.6 is 0 Å². The Morgan fingerprint density at radius 2 is 2.30 bits per heavy atom. The van der Waals surface area contributed by atoms with E-state index < -0.39 is 12.0 Å². The third-order valence-electron chi connectivity index (χ3n) is 0.958. The first-order valence-corrected chi connectivity index (χ1v) is 3.21. The lowest BCUT2D eigenvalue weighted by Gasteiger charge is -1.98. The lowest BCUT2D eigenvalue weighted by atomic mass is 10.3. The molecule has 4 heteroatoms. The van der Waals surface area contributed by atoms with Crippen LogP contribution in [-0.2, 0) is 9.53 Å². The number of carbonyl (C=O) groups excluding carboxylic acids is 1. The van der Waals surface area contributed by atoms with Crippen molar-refractivity contribution in [2.75, 3.05) is 0 Å². The van der Waals surface area contributed by atoms with Gasteiger partial charge in [-0.2, -0.15) is 0 Å². The summed E-state index contributed by atoms with van der Waals surface area (Å²) in [7, 11) is 0. The number of nitrogens with one attached hydrogen (secondary N) is 1. The lowest BCUT2D eigenvalue weighted by Crippen LogP contribution is -2.18. The molecule has 0 saturated carbocycles. The van der Waals surface area contributed by atoms with Crippen LogP contribution in [0, 0.1) is 5.41 Å². The Hall–Kier alpha value is -1.06. The molecule has 0 amide bonds. The third kappa shape index (κ3) is 5.08. The van der Waals surface area contributed by atoms with E-state index >= 15 is 0 Å². The van der Waals surface area contributed by atoms with Crippen molar-refractivity contribution in [2.45, 2.75) is 26.2 Å². The highest BCUT2D eigenvalue weighted by atomic mass is 16.5. The minimum absolute atomic E-state index is 0.343. The quantitative estimate of drug-likeness (QED) is 0.346. The Kier molecular flexibility index (Phi) is 4.28. The van der Waals surface area contributed by atoms with Crippen LogP contribution in [0.4, 0.5) is 0 Å².